The summed E-state index contributed by atoms with van der Waals surface area (Å²) in [6, 6.07) is 12.3. The minimum absolute atomic E-state index is 0.00188. The van der Waals surface area contributed by atoms with Gasteiger partial charge in [0.1, 0.15) is 11.4 Å². The van der Waals surface area contributed by atoms with Gasteiger partial charge in [-0.1, -0.05) is 54.4 Å². The number of hydrogen-bond acceptors (Lipinski definition) is 5. The molecule has 4 aliphatic carbocycles. The molecule has 0 bridgehead atoms. The molecule has 2 amide bonds. The summed E-state index contributed by atoms with van der Waals surface area (Å²) < 4.78 is 6.25. The Morgan fingerprint density at radius 3 is 2.65 bits per heavy atom. The van der Waals surface area contributed by atoms with Crippen LogP contribution in [0.1, 0.15) is 87.3 Å². The Balaban J connectivity index is 0.000000173. The SMILES string of the molecule is C#C[C@]1(O)CC[C@H]2[C@@H]3CCc4cc(OC5CCCC5)ccc4[C@H]3CC[C@@]21C.Cc1cccc(Cl)c1NC(=O)/C=C1\SCC(=O)N1C. The van der Waals surface area contributed by atoms with Crippen molar-refractivity contribution in [2.24, 2.45) is 17.3 Å². The number of anilines is 1. The van der Waals surface area contributed by atoms with E-state index in [4.69, 9.17) is 22.8 Å². The van der Waals surface area contributed by atoms with Gasteiger partial charge in [0.05, 0.1) is 27.6 Å². The summed E-state index contributed by atoms with van der Waals surface area (Å²) in [4.78, 5) is 24.7. The molecule has 0 unspecified atom stereocenters. The van der Waals surface area contributed by atoms with E-state index in [1.807, 2.05) is 19.1 Å². The zero-order valence-corrected chi connectivity index (χ0v) is 28.7. The van der Waals surface area contributed by atoms with Crippen LogP contribution in [0.4, 0.5) is 5.69 Å². The number of hydrogen-bond donors (Lipinski definition) is 2. The lowest BCUT2D eigenvalue weighted by Crippen LogP contribution is -2.50. The fraction of sp³-hybridized carbons (Fsp3) is 0.526. The number of aliphatic hydroxyl groups is 1. The third-order valence-corrected chi connectivity index (χ3v) is 12.9. The molecule has 6 nitrogen and oxygen atoms in total. The van der Waals surface area contributed by atoms with Gasteiger partial charge in [0.15, 0.2) is 0 Å². The van der Waals surface area contributed by atoms with Crippen LogP contribution in [0.15, 0.2) is 47.5 Å². The normalized spacial score (nSPS) is 31.0. The smallest absolute Gasteiger partial charge is 0.251 e. The number of para-hydroxylation sites is 1. The number of halogens is 1. The fourth-order valence-electron chi connectivity index (χ4n) is 8.74. The van der Waals surface area contributed by atoms with Gasteiger partial charge < -0.3 is 20.1 Å². The van der Waals surface area contributed by atoms with Gasteiger partial charge in [-0.2, -0.15) is 0 Å². The number of carbonyl (C=O) groups excluding carboxylic acids is 2. The monoisotopic (exact) mass is 660 g/mol. The summed E-state index contributed by atoms with van der Waals surface area (Å²) in [7, 11) is 1.65. The molecule has 3 saturated carbocycles. The van der Waals surface area contributed by atoms with E-state index in [1.54, 1.807) is 18.7 Å². The molecular formula is C38H45ClN2O4S. The molecule has 5 atom stereocenters. The van der Waals surface area contributed by atoms with Crippen molar-refractivity contribution < 1.29 is 19.4 Å². The van der Waals surface area contributed by atoms with Crippen molar-refractivity contribution in [3.63, 3.8) is 0 Å². The van der Waals surface area contributed by atoms with Crippen molar-refractivity contribution in [2.45, 2.75) is 95.7 Å². The van der Waals surface area contributed by atoms with Gasteiger partial charge in [-0.25, -0.2) is 0 Å². The van der Waals surface area contributed by atoms with E-state index in [0.717, 1.165) is 43.4 Å². The number of carbonyl (C=O) groups is 2. The topological polar surface area (TPSA) is 78.9 Å². The van der Waals surface area contributed by atoms with Crippen LogP contribution < -0.4 is 10.1 Å². The standard InChI is InChI=1S/C25H32O2.C13H13ClN2O2S/c1-3-25(26)15-13-23-22-10-8-17-16-19(27-18-6-4-5-7-18)9-11-20(17)21(22)12-14-24(23,25)2;1-8-4-3-5-9(14)13(8)15-10(17)6-12-16(2)11(18)7-19-12/h1,9,11,16,18,21-23,26H,4-8,10,12-15H2,2H3;3-6H,7H2,1-2H3,(H,15,17)/b;12-6-/t21-,22-,23+,24+,25+;/m1./s1. The van der Waals surface area contributed by atoms with Gasteiger partial charge >= 0.3 is 0 Å². The van der Waals surface area contributed by atoms with Gasteiger partial charge in [0, 0.05) is 18.5 Å². The average molecular weight is 661 g/mol. The second kappa shape index (κ2) is 13.3. The van der Waals surface area contributed by atoms with Gasteiger partial charge in [0.25, 0.3) is 5.91 Å². The Bertz CT molecular complexity index is 1560. The zero-order valence-electron chi connectivity index (χ0n) is 27.1. The van der Waals surface area contributed by atoms with Crippen LogP contribution >= 0.6 is 23.4 Å². The maximum atomic E-state index is 11.9. The highest BCUT2D eigenvalue weighted by Crippen LogP contribution is 2.64. The molecule has 0 aromatic heterocycles. The van der Waals surface area contributed by atoms with Crippen LogP contribution in [-0.2, 0) is 16.0 Å². The van der Waals surface area contributed by atoms with Gasteiger partial charge in [0.2, 0.25) is 5.91 Å². The third kappa shape index (κ3) is 6.21. The summed E-state index contributed by atoms with van der Waals surface area (Å²) in [5, 5.41) is 14.9. The van der Waals surface area contributed by atoms with E-state index in [-0.39, 0.29) is 17.2 Å². The Morgan fingerprint density at radius 1 is 1.17 bits per heavy atom. The molecule has 1 heterocycles. The first-order chi connectivity index (χ1) is 22.0. The molecular weight excluding hydrogens is 616 g/mol. The first kappa shape index (κ1) is 33.0. The summed E-state index contributed by atoms with van der Waals surface area (Å²) in [5.74, 6) is 5.78. The lowest BCUT2D eigenvalue weighted by atomic mass is 9.53. The van der Waals surface area contributed by atoms with E-state index >= 15 is 0 Å². The third-order valence-electron chi connectivity index (χ3n) is 11.5. The molecule has 2 aromatic rings. The number of benzene rings is 2. The largest absolute Gasteiger partial charge is 0.490 e. The minimum atomic E-state index is -0.901. The van der Waals surface area contributed by atoms with E-state index in [1.165, 1.54) is 60.4 Å². The zero-order chi connectivity index (χ0) is 32.6. The van der Waals surface area contributed by atoms with E-state index in [2.05, 4.69) is 36.4 Å². The summed E-state index contributed by atoms with van der Waals surface area (Å²) in [6.07, 6.45) is 19.1. The van der Waals surface area contributed by atoms with Gasteiger partial charge in [-0.15, -0.1) is 6.42 Å². The van der Waals surface area contributed by atoms with Crippen molar-refractivity contribution in [3.8, 4) is 18.1 Å². The van der Waals surface area contributed by atoms with Crippen molar-refractivity contribution in [1.82, 2.24) is 4.90 Å². The van der Waals surface area contributed by atoms with Gasteiger partial charge in [-0.3, -0.25) is 9.59 Å². The number of nitrogens with zero attached hydrogens (tertiary/aromatic N) is 1. The van der Waals surface area contributed by atoms with E-state index in [0.29, 0.717) is 45.3 Å². The molecule has 46 heavy (non-hydrogen) atoms. The summed E-state index contributed by atoms with van der Waals surface area (Å²) in [6.45, 7) is 4.13. The van der Waals surface area contributed by atoms with Crippen LogP contribution in [0, 0.1) is 36.5 Å². The number of terminal acetylenes is 1. The van der Waals surface area contributed by atoms with Crippen molar-refractivity contribution in [3.05, 3.63) is 69.2 Å². The summed E-state index contributed by atoms with van der Waals surface area (Å²) >= 11 is 7.39. The second-order valence-corrected chi connectivity index (χ2v) is 15.3. The second-order valence-electron chi connectivity index (χ2n) is 13.9. The predicted molar refractivity (Wildman–Crippen MR) is 186 cm³/mol. The average Bonchev–Trinajstić information content (AvgIpc) is 3.74. The quantitative estimate of drug-likeness (QED) is 0.258. The van der Waals surface area contributed by atoms with Crippen LogP contribution in [0.3, 0.4) is 0 Å². The summed E-state index contributed by atoms with van der Waals surface area (Å²) in [5.41, 5.74) is 3.53. The molecule has 4 fully saturated rings. The molecule has 1 saturated heterocycles. The Kier molecular flexibility index (Phi) is 9.54. The molecule has 5 aliphatic rings. The number of nitrogens with one attached hydrogen (secondary N) is 1. The number of aryl methyl sites for hydroxylation is 2. The molecule has 2 N–H and O–H groups in total. The van der Waals surface area contributed by atoms with Crippen molar-refractivity contribution >= 4 is 40.9 Å². The Labute approximate surface area is 282 Å². The van der Waals surface area contributed by atoms with Crippen LogP contribution in [0.2, 0.25) is 5.02 Å². The number of amides is 2. The van der Waals surface area contributed by atoms with Crippen LogP contribution in [0.25, 0.3) is 0 Å². The lowest BCUT2D eigenvalue weighted by molar-refractivity contribution is -0.124. The lowest BCUT2D eigenvalue weighted by Gasteiger charge is -2.52. The maximum Gasteiger partial charge on any atom is 0.251 e. The first-order valence-electron chi connectivity index (χ1n) is 16.7. The number of thioether (sulfide) groups is 1. The highest BCUT2D eigenvalue weighted by Gasteiger charge is 2.61. The molecule has 2 aromatic carbocycles. The highest BCUT2D eigenvalue weighted by atomic mass is 35.5. The molecule has 0 radical (unpaired) electrons. The number of fused-ring (bicyclic) bond motifs is 5. The van der Waals surface area contributed by atoms with E-state index in [9.17, 15) is 14.7 Å². The van der Waals surface area contributed by atoms with Gasteiger partial charge in [-0.05, 0) is 124 Å². The Hall–Kier alpha value is -2.92. The molecule has 0 spiro atoms. The minimum Gasteiger partial charge on any atom is -0.490 e. The molecule has 1 aliphatic heterocycles. The number of rotatable bonds is 4. The fourth-order valence-corrected chi connectivity index (χ4v) is 9.96. The molecule has 7 rings (SSSR count). The van der Waals surface area contributed by atoms with Crippen molar-refractivity contribution in [1.29, 1.82) is 0 Å². The molecule has 244 valence electrons. The molecule has 8 heteroatoms. The maximum absolute atomic E-state index is 11.9. The Morgan fingerprint density at radius 2 is 1.96 bits per heavy atom. The van der Waals surface area contributed by atoms with E-state index < -0.39 is 5.60 Å². The first-order valence-corrected chi connectivity index (χ1v) is 18.1. The predicted octanol–water partition coefficient (Wildman–Crippen LogP) is 7.86. The van der Waals surface area contributed by atoms with Crippen molar-refractivity contribution in [2.75, 3.05) is 18.1 Å². The van der Waals surface area contributed by atoms with Crippen LogP contribution in [-0.4, -0.2) is 46.3 Å². The van der Waals surface area contributed by atoms with Crippen LogP contribution in [0.5, 0.6) is 5.75 Å². The highest BCUT2D eigenvalue weighted by molar-refractivity contribution is 8.04. The number of ether oxygens (including phenoxy) is 1.